The normalized spacial score (nSPS) is 10.6. The van der Waals surface area contributed by atoms with Crippen LogP contribution in [-0.4, -0.2) is 21.1 Å². The van der Waals surface area contributed by atoms with E-state index in [1.165, 1.54) is 0 Å². The van der Waals surface area contributed by atoms with Crippen LogP contribution in [-0.2, 0) is 6.54 Å². The number of rotatable bonds is 7. The summed E-state index contributed by atoms with van der Waals surface area (Å²) in [6.45, 7) is 1.38. The van der Waals surface area contributed by atoms with Gasteiger partial charge in [0.05, 0.1) is 6.33 Å². The van der Waals surface area contributed by atoms with Gasteiger partial charge in [0.25, 0.3) is 0 Å². The summed E-state index contributed by atoms with van der Waals surface area (Å²) >= 11 is 0. The highest BCUT2D eigenvalue weighted by Gasteiger charge is 2.10. The van der Waals surface area contributed by atoms with Crippen LogP contribution in [0.4, 0.5) is 20.4 Å². The third kappa shape index (κ3) is 3.64. The van der Waals surface area contributed by atoms with E-state index in [1.54, 1.807) is 12.5 Å². The van der Waals surface area contributed by atoms with E-state index < -0.39 is 11.6 Å². The van der Waals surface area contributed by atoms with Gasteiger partial charge >= 0.3 is 0 Å². The number of nitrogen functional groups attached to an aromatic ring is 1. The van der Waals surface area contributed by atoms with Gasteiger partial charge in [0.15, 0.2) is 23.3 Å². The zero-order chi connectivity index (χ0) is 14.4. The summed E-state index contributed by atoms with van der Waals surface area (Å²) in [5.74, 6) is 3.33. The molecule has 2 aromatic rings. The van der Waals surface area contributed by atoms with Crippen LogP contribution in [0.15, 0.2) is 24.8 Å². The molecule has 0 spiro atoms. The standard InChI is InChI=1S/C12H16F2N6/c13-9-7-10(14)12(19-15)18-11(9)17-3-1-2-5-20-6-4-16-8-20/h4,6-8H,1-3,5,15H2,(H2,17,18,19). The van der Waals surface area contributed by atoms with E-state index in [2.05, 4.69) is 20.7 Å². The van der Waals surface area contributed by atoms with Crippen LogP contribution < -0.4 is 16.6 Å². The molecule has 0 bridgehead atoms. The average molecular weight is 282 g/mol. The molecule has 0 aliphatic heterocycles. The Balaban J connectivity index is 1.79. The fraction of sp³-hybridized carbons (Fsp3) is 0.333. The number of nitrogens with two attached hydrogens (primary N) is 1. The first kappa shape index (κ1) is 14.2. The highest BCUT2D eigenvalue weighted by molar-refractivity contribution is 5.46. The number of pyridine rings is 1. The number of aromatic nitrogens is 3. The second-order valence-electron chi connectivity index (χ2n) is 4.23. The van der Waals surface area contributed by atoms with E-state index in [0.717, 1.165) is 25.5 Å². The number of nitrogens with one attached hydrogen (secondary N) is 2. The Hall–Kier alpha value is -2.22. The van der Waals surface area contributed by atoms with Crippen molar-refractivity contribution in [2.75, 3.05) is 17.3 Å². The summed E-state index contributed by atoms with van der Waals surface area (Å²) in [5, 5.41) is 2.82. The van der Waals surface area contributed by atoms with E-state index in [4.69, 9.17) is 5.84 Å². The topological polar surface area (TPSA) is 80.8 Å². The Morgan fingerprint density at radius 3 is 2.70 bits per heavy atom. The lowest BCUT2D eigenvalue weighted by Crippen LogP contribution is -2.14. The van der Waals surface area contributed by atoms with Crippen LogP contribution in [0.3, 0.4) is 0 Å². The van der Waals surface area contributed by atoms with Crippen LogP contribution >= 0.6 is 0 Å². The first-order valence-corrected chi connectivity index (χ1v) is 6.23. The van der Waals surface area contributed by atoms with Gasteiger partial charge in [-0.15, -0.1) is 0 Å². The molecule has 108 valence electrons. The van der Waals surface area contributed by atoms with Gasteiger partial charge in [-0.2, -0.15) is 0 Å². The molecule has 0 saturated heterocycles. The first-order valence-electron chi connectivity index (χ1n) is 6.23. The summed E-state index contributed by atoms with van der Waals surface area (Å²) in [6, 6.07) is 0.746. The molecule has 0 unspecified atom stereocenters. The van der Waals surface area contributed by atoms with Crippen molar-refractivity contribution in [3.63, 3.8) is 0 Å². The minimum atomic E-state index is -0.823. The minimum Gasteiger partial charge on any atom is -0.368 e. The lowest BCUT2D eigenvalue weighted by molar-refractivity contribution is 0.576. The van der Waals surface area contributed by atoms with Crippen molar-refractivity contribution in [1.29, 1.82) is 0 Å². The molecule has 0 aromatic carbocycles. The number of hydrogen-bond donors (Lipinski definition) is 3. The monoisotopic (exact) mass is 282 g/mol. The second-order valence-corrected chi connectivity index (χ2v) is 4.23. The molecule has 0 amide bonds. The van der Waals surface area contributed by atoms with Crippen molar-refractivity contribution in [1.82, 2.24) is 14.5 Å². The van der Waals surface area contributed by atoms with Gasteiger partial charge < -0.3 is 15.3 Å². The van der Waals surface area contributed by atoms with Crippen LogP contribution in [0.2, 0.25) is 0 Å². The molecule has 0 aliphatic carbocycles. The van der Waals surface area contributed by atoms with Crippen LogP contribution in [0, 0.1) is 11.6 Å². The number of hydrogen-bond acceptors (Lipinski definition) is 5. The van der Waals surface area contributed by atoms with Gasteiger partial charge in [-0.25, -0.2) is 24.6 Å². The van der Waals surface area contributed by atoms with E-state index in [1.807, 2.05) is 10.8 Å². The quantitative estimate of drug-likeness (QED) is 0.409. The molecule has 0 aliphatic rings. The Kier molecular flexibility index (Phi) is 4.83. The summed E-state index contributed by atoms with van der Waals surface area (Å²) in [7, 11) is 0. The molecule has 20 heavy (non-hydrogen) atoms. The van der Waals surface area contributed by atoms with Gasteiger partial charge in [0.2, 0.25) is 0 Å². The summed E-state index contributed by atoms with van der Waals surface area (Å²) in [4.78, 5) is 7.67. The molecule has 2 rings (SSSR count). The van der Waals surface area contributed by atoms with Gasteiger partial charge in [0, 0.05) is 31.5 Å². The average Bonchev–Trinajstić information content (AvgIpc) is 2.93. The SMILES string of the molecule is NNc1nc(NCCCCn2ccnc2)c(F)cc1F. The Labute approximate surface area is 115 Å². The maximum atomic E-state index is 13.5. The molecule has 2 heterocycles. The van der Waals surface area contributed by atoms with Crippen molar-refractivity contribution in [2.24, 2.45) is 5.84 Å². The Morgan fingerprint density at radius 1 is 1.20 bits per heavy atom. The number of imidazole rings is 1. The van der Waals surface area contributed by atoms with Crippen molar-refractivity contribution in [3.05, 3.63) is 36.4 Å². The molecule has 6 nitrogen and oxygen atoms in total. The molecule has 8 heteroatoms. The molecule has 0 atom stereocenters. The molecule has 2 aromatic heterocycles. The molecular formula is C12H16F2N6. The first-order chi connectivity index (χ1) is 9.70. The summed E-state index contributed by atoms with van der Waals surface area (Å²) in [6.07, 6.45) is 7.08. The largest absolute Gasteiger partial charge is 0.368 e. The number of anilines is 2. The second kappa shape index (κ2) is 6.80. The van der Waals surface area contributed by atoms with Gasteiger partial charge in [-0.1, -0.05) is 0 Å². The maximum absolute atomic E-state index is 13.5. The molecule has 0 fully saturated rings. The summed E-state index contributed by atoms with van der Waals surface area (Å²) < 4.78 is 28.6. The number of halogens is 2. The predicted molar refractivity (Wildman–Crippen MR) is 71.9 cm³/mol. The van der Waals surface area contributed by atoms with Crippen molar-refractivity contribution in [2.45, 2.75) is 19.4 Å². The van der Waals surface area contributed by atoms with Gasteiger partial charge in [-0.3, -0.25) is 0 Å². The zero-order valence-corrected chi connectivity index (χ0v) is 10.8. The van der Waals surface area contributed by atoms with Crippen LogP contribution in [0.1, 0.15) is 12.8 Å². The number of nitrogens with zero attached hydrogens (tertiary/aromatic N) is 3. The highest BCUT2D eigenvalue weighted by Crippen LogP contribution is 2.18. The lowest BCUT2D eigenvalue weighted by Gasteiger charge is -2.09. The lowest BCUT2D eigenvalue weighted by atomic mass is 10.3. The molecule has 0 saturated carbocycles. The fourth-order valence-corrected chi connectivity index (χ4v) is 1.74. The molecule has 4 N–H and O–H groups in total. The van der Waals surface area contributed by atoms with E-state index in [0.29, 0.717) is 6.54 Å². The number of hydrazine groups is 1. The molecule has 0 radical (unpaired) electrons. The van der Waals surface area contributed by atoms with Crippen molar-refractivity contribution < 1.29 is 8.78 Å². The summed E-state index contributed by atoms with van der Waals surface area (Å²) in [5.41, 5.74) is 2.08. The van der Waals surface area contributed by atoms with E-state index >= 15 is 0 Å². The van der Waals surface area contributed by atoms with E-state index in [9.17, 15) is 8.78 Å². The smallest absolute Gasteiger partial charge is 0.178 e. The van der Waals surface area contributed by atoms with Gasteiger partial charge in [-0.05, 0) is 12.8 Å². The predicted octanol–water partition coefficient (Wildman–Crippen LogP) is 1.73. The number of aryl methyl sites for hydroxylation is 1. The zero-order valence-electron chi connectivity index (χ0n) is 10.8. The number of unbranched alkanes of at least 4 members (excludes halogenated alkanes) is 1. The van der Waals surface area contributed by atoms with E-state index in [-0.39, 0.29) is 11.6 Å². The highest BCUT2D eigenvalue weighted by atomic mass is 19.1. The van der Waals surface area contributed by atoms with Crippen LogP contribution in [0.25, 0.3) is 0 Å². The minimum absolute atomic E-state index is 0.0121. The Bertz CT molecular complexity index is 543. The van der Waals surface area contributed by atoms with Crippen molar-refractivity contribution >= 4 is 11.6 Å². The molecular weight excluding hydrogens is 266 g/mol. The fourth-order valence-electron chi connectivity index (χ4n) is 1.74. The van der Waals surface area contributed by atoms with Crippen molar-refractivity contribution in [3.8, 4) is 0 Å². The third-order valence-corrected chi connectivity index (χ3v) is 2.76. The third-order valence-electron chi connectivity index (χ3n) is 2.76. The maximum Gasteiger partial charge on any atom is 0.178 e. The van der Waals surface area contributed by atoms with Gasteiger partial charge in [0.1, 0.15) is 0 Å². The van der Waals surface area contributed by atoms with Crippen LogP contribution in [0.5, 0.6) is 0 Å². The Morgan fingerprint density at radius 2 is 2.00 bits per heavy atom.